The molecule has 0 unspecified atom stereocenters. The van der Waals surface area contributed by atoms with Crippen molar-refractivity contribution in [1.82, 2.24) is 4.98 Å². The molecule has 7 heteroatoms. The van der Waals surface area contributed by atoms with Crippen LogP contribution in [0.15, 0.2) is 12.1 Å². The summed E-state index contributed by atoms with van der Waals surface area (Å²) in [6.45, 7) is 3.65. The summed E-state index contributed by atoms with van der Waals surface area (Å²) in [7, 11) is 0. The summed E-state index contributed by atoms with van der Waals surface area (Å²) in [6, 6.07) is 2.37. The van der Waals surface area contributed by atoms with Crippen molar-refractivity contribution in [3.05, 3.63) is 34.2 Å². The van der Waals surface area contributed by atoms with E-state index in [2.05, 4.69) is 10.3 Å². The minimum atomic E-state index is -4.65. The Bertz CT molecular complexity index is 683. The van der Waals surface area contributed by atoms with Crippen LogP contribution in [0, 0.1) is 12.7 Å². The predicted octanol–water partition coefficient (Wildman–Crippen LogP) is 5.18. The molecule has 0 aliphatic carbocycles. The molecule has 0 spiro atoms. The largest absolute Gasteiger partial charge is 0.433 e. The number of pyridine rings is 1. The van der Waals surface area contributed by atoms with Crippen LogP contribution in [-0.2, 0) is 6.18 Å². The molecule has 1 aromatic carbocycles. The van der Waals surface area contributed by atoms with Crippen molar-refractivity contribution < 1.29 is 17.6 Å². The molecule has 1 aromatic heterocycles. The number of hydrogen-bond acceptors (Lipinski definition) is 2. The number of nitrogens with one attached hydrogen (secondary N) is 1. The molecule has 0 amide bonds. The highest BCUT2D eigenvalue weighted by Gasteiger charge is 2.36. The molecule has 0 aliphatic heterocycles. The molecule has 114 valence electrons. The van der Waals surface area contributed by atoms with Crippen LogP contribution >= 0.6 is 11.6 Å². The van der Waals surface area contributed by atoms with Crippen LogP contribution in [0.4, 0.5) is 23.2 Å². The van der Waals surface area contributed by atoms with Crippen molar-refractivity contribution in [1.29, 1.82) is 0 Å². The van der Waals surface area contributed by atoms with Crippen molar-refractivity contribution in [2.45, 2.75) is 26.4 Å². The standard InChI is InChI=1S/C14H13ClF4N2/c1-3-4-20-11-7(2)13(14(17,18)19)21-12-9(11)5-8(15)6-10(12)16/h5-6H,3-4H2,1-2H3,(H,20,21). The molecule has 0 aliphatic rings. The molecule has 0 bridgehead atoms. The monoisotopic (exact) mass is 320 g/mol. The number of hydrogen-bond donors (Lipinski definition) is 1. The van der Waals surface area contributed by atoms with Gasteiger partial charge in [-0.05, 0) is 25.5 Å². The van der Waals surface area contributed by atoms with Gasteiger partial charge in [0.1, 0.15) is 11.2 Å². The first-order valence-electron chi connectivity index (χ1n) is 6.36. The zero-order chi connectivity index (χ0) is 15.8. The fourth-order valence-corrected chi connectivity index (χ4v) is 2.34. The van der Waals surface area contributed by atoms with Crippen LogP contribution in [0.3, 0.4) is 0 Å². The van der Waals surface area contributed by atoms with Crippen molar-refractivity contribution >= 4 is 28.2 Å². The van der Waals surface area contributed by atoms with Gasteiger partial charge in [0.2, 0.25) is 0 Å². The Morgan fingerprint density at radius 3 is 2.52 bits per heavy atom. The van der Waals surface area contributed by atoms with E-state index in [1.807, 2.05) is 6.92 Å². The number of benzene rings is 1. The highest BCUT2D eigenvalue weighted by Crippen LogP contribution is 2.38. The number of aromatic nitrogens is 1. The maximum Gasteiger partial charge on any atom is 0.433 e. The Morgan fingerprint density at radius 2 is 1.95 bits per heavy atom. The van der Waals surface area contributed by atoms with Gasteiger partial charge in [-0.1, -0.05) is 18.5 Å². The summed E-state index contributed by atoms with van der Waals surface area (Å²) in [4.78, 5) is 3.46. The van der Waals surface area contributed by atoms with Gasteiger partial charge >= 0.3 is 6.18 Å². The van der Waals surface area contributed by atoms with Crippen LogP contribution < -0.4 is 5.32 Å². The molecule has 2 rings (SSSR count). The number of rotatable bonds is 3. The lowest BCUT2D eigenvalue weighted by atomic mass is 10.1. The molecule has 0 atom stereocenters. The molecular formula is C14H13ClF4N2. The Kier molecular flexibility index (Phi) is 4.27. The molecule has 2 nitrogen and oxygen atoms in total. The number of anilines is 1. The lowest BCUT2D eigenvalue weighted by molar-refractivity contribution is -0.141. The predicted molar refractivity (Wildman–Crippen MR) is 75.2 cm³/mol. The van der Waals surface area contributed by atoms with Gasteiger partial charge in [-0.2, -0.15) is 13.2 Å². The van der Waals surface area contributed by atoms with Gasteiger partial charge in [-0.3, -0.25) is 0 Å². The van der Waals surface area contributed by atoms with E-state index in [9.17, 15) is 17.6 Å². The Balaban J connectivity index is 2.83. The quantitative estimate of drug-likeness (QED) is 0.788. The zero-order valence-corrected chi connectivity index (χ0v) is 12.2. The van der Waals surface area contributed by atoms with Gasteiger partial charge in [0.25, 0.3) is 0 Å². The molecule has 0 saturated carbocycles. The fourth-order valence-electron chi connectivity index (χ4n) is 2.14. The zero-order valence-electron chi connectivity index (χ0n) is 11.4. The van der Waals surface area contributed by atoms with Gasteiger partial charge in [-0.25, -0.2) is 9.37 Å². The molecule has 0 radical (unpaired) electrons. The van der Waals surface area contributed by atoms with Crippen molar-refractivity contribution in [3.8, 4) is 0 Å². The van der Waals surface area contributed by atoms with Gasteiger partial charge in [0.15, 0.2) is 5.82 Å². The number of nitrogens with zero attached hydrogens (tertiary/aromatic N) is 1. The van der Waals surface area contributed by atoms with Crippen molar-refractivity contribution in [2.24, 2.45) is 0 Å². The van der Waals surface area contributed by atoms with Crippen LogP contribution in [0.25, 0.3) is 10.9 Å². The molecule has 1 heterocycles. The summed E-state index contributed by atoms with van der Waals surface area (Å²) in [6.07, 6.45) is -3.93. The maximum absolute atomic E-state index is 13.9. The second-order valence-electron chi connectivity index (χ2n) is 4.67. The first kappa shape index (κ1) is 15.8. The van der Waals surface area contributed by atoms with Gasteiger partial charge in [-0.15, -0.1) is 0 Å². The van der Waals surface area contributed by atoms with Gasteiger partial charge in [0, 0.05) is 28.2 Å². The minimum absolute atomic E-state index is 0.0647. The molecular weight excluding hydrogens is 308 g/mol. The second kappa shape index (κ2) is 5.67. The van der Waals surface area contributed by atoms with Crippen molar-refractivity contribution in [3.63, 3.8) is 0 Å². The average Bonchev–Trinajstić information content (AvgIpc) is 2.35. The van der Waals surface area contributed by atoms with Crippen LogP contribution in [0.1, 0.15) is 24.6 Å². The van der Waals surface area contributed by atoms with E-state index in [4.69, 9.17) is 11.6 Å². The van der Waals surface area contributed by atoms with Crippen LogP contribution in [0.5, 0.6) is 0 Å². The molecule has 0 fully saturated rings. The van der Waals surface area contributed by atoms with Gasteiger partial charge in [0.05, 0.1) is 0 Å². The second-order valence-corrected chi connectivity index (χ2v) is 5.11. The SMILES string of the molecule is CCCNc1c(C)c(C(F)(F)F)nc2c(F)cc(Cl)cc12. The van der Waals surface area contributed by atoms with E-state index in [0.29, 0.717) is 13.0 Å². The van der Waals surface area contributed by atoms with E-state index >= 15 is 0 Å². The molecule has 21 heavy (non-hydrogen) atoms. The highest BCUT2D eigenvalue weighted by atomic mass is 35.5. The summed E-state index contributed by atoms with van der Waals surface area (Å²) in [5.74, 6) is -0.873. The summed E-state index contributed by atoms with van der Waals surface area (Å²) in [5, 5.41) is 3.27. The molecule has 1 N–H and O–H groups in total. The first-order chi connectivity index (χ1) is 9.75. The number of fused-ring (bicyclic) bond motifs is 1. The smallest absolute Gasteiger partial charge is 0.384 e. The fraction of sp³-hybridized carbons (Fsp3) is 0.357. The minimum Gasteiger partial charge on any atom is -0.384 e. The lowest BCUT2D eigenvalue weighted by Gasteiger charge is -2.17. The molecule has 2 aromatic rings. The van der Waals surface area contributed by atoms with E-state index in [1.54, 1.807) is 0 Å². The lowest BCUT2D eigenvalue weighted by Crippen LogP contribution is -2.14. The van der Waals surface area contributed by atoms with Crippen LogP contribution in [0.2, 0.25) is 5.02 Å². The topological polar surface area (TPSA) is 24.9 Å². The Labute approximate surface area is 124 Å². The maximum atomic E-state index is 13.9. The third-order valence-corrected chi connectivity index (χ3v) is 3.29. The summed E-state index contributed by atoms with van der Waals surface area (Å²) < 4.78 is 53.1. The van der Waals surface area contributed by atoms with Crippen LogP contribution in [-0.4, -0.2) is 11.5 Å². The summed E-state index contributed by atoms with van der Waals surface area (Å²) >= 11 is 5.79. The summed E-state index contributed by atoms with van der Waals surface area (Å²) in [5.41, 5.74) is -1.27. The van der Waals surface area contributed by atoms with E-state index in [-0.39, 0.29) is 27.2 Å². The van der Waals surface area contributed by atoms with E-state index in [0.717, 1.165) is 6.07 Å². The third-order valence-electron chi connectivity index (χ3n) is 3.07. The normalized spacial score (nSPS) is 12.0. The Hall–Kier alpha value is -1.56. The number of alkyl halides is 3. The third kappa shape index (κ3) is 3.05. The average molecular weight is 321 g/mol. The first-order valence-corrected chi connectivity index (χ1v) is 6.74. The van der Waals surface area contributed by atoms with Gasteiger partial charge < -0.3 is 5.32 Å². The Morgan fingerprint density at radius 1 is 1.29 bits per heavy atom. The van der Waals surface area contributed by atoms with E-state index < -0.39 is 17.7 Å². The highest BCUT2D eigenvalue weighted by molar-refractivity contribution is 6.31. The molecule has 0 saturated heterocycles. The van der Waals surface area contributed by atoms with E-state index in [1.165, 1.54) is 13.0 Å². The van der Waals surface area contributed by atoms with Crippen molar-refractivity contribution in [2.75, 3.05) is 11.9 Å². The number of halogens is 5.